The van der Waals surface area contributed by atoms with Crippen molar-refractivity contribution in [3.05, 3.63) is 0 Å². The van der Waals surface area contributed by atoms with Gasteiger partial charge in [-0.3, -0.25) is 4.21 Å². The van der Waals surface area contributed by atoms with Crippen LogP contribution in [0.25, 0.3) is 0 Å². The quantitative estimate of drug-likeness (QED) is 0.626. The highest BCUT2D eigenvalue weighted by atomic mass is 32.2. The van der Waals surface area contributed by atoms with Crippen LogP contribution in [0.1, 0.15) is 20.3 Å². The summed E-state index contributed by atoms with van der Waals surface area (Å²) in [6.07, 6.45) is 0.932. The average Bonchev–Trinajstić information content (AvgIpc) is 2.27. The average molecular weight is 234 g/mol. The van der Waals surface area contributed by atoms with Crippen molar-refractivity contribution in [3.63, 3.8) is 0 Å². The van der Waals surface area contributed by atoms with E-state index in [0.29, 0.717) is 0 Å². The zero-order valence-corrected chi connectivity index (χ0v) is 10.6. The first kappa shape index (κ1) is 11.9. The Morgan fingerprint density at radius 3 is 2.71 bits per heavy atom. The van der Waals surface area contributed by atoms with Crippen LogP contribution >= 0.6 is 12.2 Å². The third-order valence-electron chi connectivity index (χ3n) is 2.65. The number of nitrogens with one attached hydrogen (secondary N) is 1. The van der Waals surface area contributed by atoms with Gasteiger partial charge in [-0.25, -0.2) is 0 Å². The molecule has 1 saturated heterocycles. The van der Waals surface area contributed by atoms with E-state index >= 15 is 0 Å². The summed E-state index contributed by atoms with van der Waals surface area (Å²) in [5.41, 5.74) is 0. The van der Waals surface area contributed by atoms with E-state index in [2.05, 4.69) is 24.1 Å². The lowest BCUT2D eigenvalue weighted by molar-refractivity contribution is 0.419. The highest BCUT2D eigenvalue weighted by molar-refractivity contribution is 7.86. The fourth-order valence-corrected chi connectivity index (χ4v) is 2.90. The zero-order chi connectivity index (χ0) is 10.8. The number of hydrogen-bond donors (Lipinski definition) is 1. The molecular weight excluding hydrogens is 216 g/mol. The van der Waals surface area contributed by atoms with Crippen molar-refractivity contribution in [1.82, 2.24) is 10.2 Å². The minimum absolute atomic E-state index is 0.0713. The van der Waals surface area contributed by atoms with E-state index in [4.69, 9.17) is 12.2 Å². The fourth-order valence-electron chi connectivity index (χ4n) is 1.46. The van der Waals surface area contributed by atoms with Gasteiger partial charge in [0.2, 0.25) is 0 Å². The zero-order valence-electron chi connectivity index (χ0n) is 9.00. The van der Waals surface area contributed by atoms with Gasteiger partial charge >= 0.3 is 0 Å². The molecule has 0 bridgehead atoms. The first-order chi connectivity index (χ1) is 6.47. The van der Waals surface area contributed by atoms with Gasteiger partial charge in [0.05, 0.1) is 0 Å². The van der Waals surface area contributed by atoms with Crippen LogP contribution in [-0.2, 0) is 10.8 Å². The molecule has 0 aromatic heterocycles. The third kappa shape index (κ3) is 2.67. The third-order valence-corrected chi connectivity index (χ3v) is 5.10. The first-order valence-corrected chi connectivity index (χ1v) is 6.55. The predicted octanol–water partition coefficient (Wildman–Crippen LogP) is 0.724. The molecule has 0 saturated carbocycles. The normalized spacial score (nSPS) is 26.8. The summed E-state index contributed by atoms with van der Waals surface area (Å²) in [5.74, 6) is 0.717. The van der Waals surface area contributed by atoms with Gasteiger partial charge in [0, 0.05) is 41.4 Å². The van der Waals surface area contributed by atoms with E-state index in [1.165, 1.54) is 0 Å². The van der Waals surface area contributed by atoms with Crippen LogP contribution in [0.5, 0.6) is 0 Å². The van der Waals surface area contributed by atoms with Crippen LogP contribution in [-0.4, -0.2) is 44.9 Å². The van der Waals surface area contributed by atoms with Crippen molar-refractivity contribution in [1.29, 1.82) is 0 Å². The maximum Gasteiger partial charge on any atom is 0.168 e. The van der Waals surface area contributed by atoms with Crippen LogP contribution < -0.4 is 5.32 Å². The van der Waals surface area contributed by atoms with E-state index in [1.807, 2.05) is 7.05 Å². The molecule has 0 aromatic rings. The second kappa shape index (κ2) is 4.57. The van der Waals surface area contributed by atoms with Crippen molar-refractivity contribution >= 4 is 28.1 Å². The molecule has 1 heterocycles. The molecule has 0 aliphatic carbocycles. The lowest BCUT2D eigenvalue weighted by atomic mass is 10.1. The molecule has 3 nitrogen and oxygen atoms in total. The largest absolute Gasteiger partial charge is 0.366 e. The summed E-state index contributed by atoms with van der Waals surface area (Å²) in [5, 5.41) is 3.73. The molecule has 1 unspecified atom stereocenters. The molecule has 1 N–H and O–H groups in total. The van der Waals surface area contributed by atoms with Crippen molar-refractivity contribution in [2.75, 3.05) is 25.9 Å². The summed E-state index contributed by atoms with van der Waals surface area (Å²) < 4.78 is 11.7. The van der Waals surface area contributed by atoms with E-state index in [1.54, 1.807) is 0 Å². The second-order valence-electron chi connectivity index (χ2n) is 4.10. The van der Waals surface area contributed by atoms with Crippen LogP contribution in [0.2, 0.25) is 0 Å². The lowest BCUT2D eigenvalue weighted by Crippen LogP contribution is -2.39. The van der Waals surface area contributed by atoms with Gasteiger partial charge in [-0.05, 0) is 32.5 Å². The van der Waals surface area contributed by atoms with E-state index in [9.17, 15) is 4.21 Å². The van der Waals surface area contributed by atoms with Crippen LogP contribution in [0.4, 0.5) is 0 Å². The Morgan fingerprint density at radius 1 is 1.50 bits per heavy atom. The number of rotatable bonds is 0. The van der Waals surface area contributed by atoms with E-state index < -0.39 is 10.8 Å². The van der Waals surface area contributed by atoms with Crippen molar-refractivity contribution < 1.29 is 4.21 Å². The first-order valence-electron chi connectivity index (χ1n) is 4.82. The highest BCUT2D eigenvalue weighted by Crippen LogP contribution is 2.21. The molecule has 1 fully saturated rings. The van der Waals surface area contributed by atoms with Gasteiger partial charge < -0.3 is 10.2 Å². The smallest absolute Gasteiger partial charge is 0.168 e. The summed E-state index contributed by atoms with van der Waals surface area (Å²) in [6, 6.07) is 0. The molecular formula is C9H18N2OS2. The van der Waals surface area contributed by atoms with Gasteiger partial charge in [-0.15, -0.1) is 0 Å². The van der Waals surface area contributed by atoms with E-state index in [0.717, 1.165) is 30.4 Å². The predicted molar refractivity (Wildman–Crippen MR) is 64.9 cm³/mol. The van der Waals surface area contributed by atoms with Gasteiger partial charge in [0.1, 0.15) is 0 Å². The minimum atomic E-state index is -0.736. The van der Waals surface area contributed by atoms with Crippen LogP contribution in [0.15, 0.2) is 0 Å². The lowest BCUT2D eigenvalue weighted by Gasteiger charge is -2.23. The Labute approximate surface area is 93.7 Å². The Balaban J connectivity index is 2.65. The summed E-state index contributed by atoms with van der Waals surface area (Å²) in [6.45, 7) is 5.83. The maximum absolute atomic E-state index is 11.8. The molecule has 1 atom stereocenters. The molecule has 0 amide bonds. The molecule has 1 aliphatic heterocycles. The Hall–Kier alpha value is -0.160. The van der Waals surface area contributed by atoms with Crippen molar-refractivity contribution in [2.24, 2.45) is 0 Å². The fraction of sp³-hybridized carbons (Fsp3) is 0.889. The molecule has 5 heteroatoms. The summed E-state index contributed by atoms with van der Waals surface area (Å²) in [7, 11) is 1.09. The molecule has 82 valence electrons. The van der Waals surface area contributed by atoms with Gasteiger partial charge in [0.15, 0.2) is 5.11 Å². The molecule has 0 spiro atoms. The molecule has 1 aliphatic rings. The van der Waals surface area contributed by atoms with Crippen LogP contribution in [0.3, 0.4) is 0 Å². The standard InChI is InChI=1S/C9H18N2OS2/c1-9(2)4-5-11(8(13)10-3)6-7-14(9)12/h4-7H2,1-3H3,(H,10,13). The number of hydrogen-bond acceptors (Lipinski definition) is 2. The number of nitrogens with zero attached hydrogens (tertiary/aromatic N) is 1. The molecule has 0 aromatic carbocycles. The van der Waals surface area contributed by atoms with Gasteiger partial charge in [-0.1, -0.05) is 0 Å². The Kier molecular flexibility index (Phi) is 3.89. The topological polar surface area (TPSA) is 32.3 Å². The molecule has 14 heavy (non-hydrogen) atoms. The SMILES string of the molecule is CNC(=S)N1CCS(=O)C(C)(C)CC1. The Morgan fingerprint density at radius 2 is 2.14 bits per heavy atom. The van der Waals surface area contributed by atoms with Crippen molar-refractivity contribution in [2.45, 2.75) is 25.0 Å². The van der Waals surface area contributed by atoms with Gasteiger partial charge in [0.25, 0.3) is 0 Å². The van der Waals surface area contributed by atoms with Crippen LogP contribution in [0, 0.1) is 0 Å². The summed E-state index contributed by atoms with van der Waals surface area (Å²) in [4.78, 5) is 2.10. The molecule has 0 radical (unpaired) electrons. The minimum Gasteiger partial charge on any atom is -0.366 e. The highest BCUT2D eigenvalue weighted by Gasteiger charge is 2.30. The van der Waals surface area contributed by atoms with Crippen molar-refractivity contribution in [3.8, 4) is 0 Å². The monoisotopic (exact) mass is 234 g/mol. The maximum atomic E-state index is 11.8. The van der Waals surface area contributed by atoms with Gasteiger partial charge in [-0.2, -0.15) is 0 Å². The molecule has 1 rings (SSSR count). The summed E-state index contributed by atoms with van der Waals surface area (Å²) >= 11 is 5.16. The number of thiocarbonyl (C=S) groups is 1. The van der Waals surface area contributed by atoms with E-state index in [-0.39, 0.29) is 4.75 Å². The Bertz CT molecular complexity index is 253. The second-order valence-corrected chi connectivity index (χ2v) is 6.69.